The third-order valence-electron chi connectivity index (χ3n) is 2.31. The predicted molar refractivity (Wildman–Crippen MR) is 59.7 cm³/mol. The number of hydrogen-bond donors (Lipinski definition) is 2. The highest BCUT2D eigenvalue weighted by Gasteiger charge is 2.16. The predicted octanol–water partition coefficient (Wildman–Crippen LogP) is 1.66. The molecule has 2 nitrogen and oxygen atoms in total. The van der Waals surface area contributed by atoms with Crippen molar-refractivity contribution < 1.29 is 5.11 Å². The van der Waals surface area contributed by atoms with Gasteiger partial charge in [-0.25, -0.2) is 0 Å². The highest BCUT2D eigenvalue weighted by Crippen LogP contribution is 2.17. The molecule has 0 amide bonds. The third kappa shape index (κ3) is 2.98. The second kappa shape index (κ2) is 4.94. The molecule has 0 saturated carbocycles. The molecule has 0 heterocycles. The summed E-state index contributed by atoms with van der Waals surface area (Å²) < 4.78 is 0. The Kier molecular flexibility index (Phi) is 3.86. The second-order valence-corrected chi connectivity index (χ2v) is 3.76. The Hall–Kier alpha value is -1.12. The van der Waals surface area contributed by atoms with E-state index in [0.29, 0.717) is 6.54 Å². The van der Waals surface area contributed by atoms with Crippen LogP contribution in [0.5, 0.6) is 0 Å². The van der Waals surface area contributed by atoms with Crippen LogP contribution in [0.2, 0.25) is 0 Å². The molecular weight excluding hydrogens is 174 g/mol. The van der Waals surface area contributed by atoms with Crippen molar-refractivity contribution in [2.75, 3.05) is 13.2 Å². The first-order chi connectivity index (χ1) is 6.70. The monoisotopic (exact) mass is 191 g/mol. The van der Waals surface area contributed by atoms with E-state index in [4.69, 9.17) is 10.8 Å². The smallest absolute Gasteiger partial charge is 0.0531 e. The van der Waals surface area contributed by atoms with E-state index in [2.05, 4.69) is 0 Å². The van der Waals surface area contributed by atoms with Crippen molar-refractivity contribution in [3.05, 3.63) is 42.0 Å². The molecule has 0 spiro atoms. The van der Waals surface area contributed by atoms with Gasteiger partial charge in [0.2, 0.25) is 0 Å². The Labute approximate surface area is 85.1 Å². The maximum atomic E-state index is 9.13. The Balaban J connectivity index is 2.72. The highest BCUT2D eigenvalue weighted by atomic mass is 16.3. The Morgan fingerprint density at radius 3 is 2.50 bits per heavy atom. The average molecular weight is 191 g/mol. The highest BCUT2D eigenvalue weighted by molar-refractivity contribution is 5.49. The van der Waals surface area contributed by atoms with Gasteiger partial charge in [0.25, 0.3) is 0 Å². The molecule has 1 aromatic carbocycles. The molecule has 0 aromatic heterocycles. The maximum Gasteiger partial charge on any atom is 0.0531 e. The molecule has 76 valence electrons. The zero-order valence-corrected chi connectivity index (χ0v) is 8.48. The topological polar surface area (TPSA) is 46.2 Å². The molecule has 2 heteroatoms. The number of hydrogen-bond acceptors (Lipinski definition) is 2. The molecule has 0 bridgehead atoms. The summed E-state index contributed by atoms with van der Waals surface area (Å²) >= 11 is 0. The van der Waals surface area contributed by atoms with Gasteiger partial charge in [0.1, 0.15) is 0 Å². The zero-order chi connectivity index (χ0) is 10.4. The van der Waals surface area contributed by atoms with Gasteiger partial charge in [0, 0.05) is 12.0 Å². The lowest BCUT2D eigenvalue weighted by Crippen LogP contribution is -2.28. The normalized spacial score (nSPS) is 15.6. The number of aliphatic hydroxyl groups excluding tert-OH is 1. The first kappa shape index (κ1) is 11.0. The first-order valence-corrected chi connectivity index (χ1v) is 4.75. The van der Waals surface area contributed by atoms with Gasteiger partial charge in [-0.15, -0.1) is 0 Å². The summed E-state index contributed by atoms with van der Waals surface area (Å²) in [6, 6.07) is 9.98. The molecule has 1 rings (SSSR count). The average Bonchev–Trinajstić information content (AvgIpc) is 2.27. The lowest BCUT2D eigenvalue weighted by atomic mass is 9.91. The van der Waals surface area contributed by atoms with Gasteiger partial charge in [0.15, 0.2) is 0 Å². The van der Waals surface area contributed by atoms with Crippen LogP contribution in [0.15, 0.2) is 36.4 Å². The summed E-state index contributed by atoms with van der Waals surface area (Å²) in [6.45, 7) is 2.46. The number of aliphatic hydroxyl groups is 1. The molecule has 0 fully saturated rings. The van der Waals surface area contributed by atoms with E-state index in [0.717, 1.165) is 5.56 Å². The van der Waals surface area contributed by atoms with Crippen molar-refractivity contribution in [3.8, 4) is 0 Å². The van der Waals surface area contributed by atoms with Crippen molar-refractivity contribution in [1.29, 1.82) is 0 Å². The van der Waals surface area contributed by atoms with E-state index in [1.807, 2.05) is 49.4 Å². The number of rotatable bonds is 4. The molecule has 1 unspecified atom stereocenters. The van der Waals surface area contributed by atoms with Gasteiger partial charge in [0.05, 0.1) is 6.61 Å². The lowest BCUT2D eigenvalue weighted by molar-refractivity contribution is 0.191. The van der Waals surface area contributed by atoms with E-state index in [1.165, 1.54) is 0 Å². The van der Waals surface area contributed by atoms with Crippen molar-refractivity contribution >= 4 is 6.08 Å². The largest absolute Gasteiger partial charge is 0.395 e. The third-order valence-corrected chi connectivity index (χ3v) is 2.31. The quantitative estimate of drug-likeness (QED) is 0.760. The standard InChI is InChI=1S/C12H17NO/c1-12(9-13,10-14)8-7-11-5-3-2-4-6-11/h2-8,14H,9-10,13H2,1H3/b8-7+. The maximum absolute atomic E-state index is 9.13. The Morgan fingerprint density at radius 1 is 1.36 bits per heavy atom. The molecule has 0 radical (unpaired) electrons. The summed E-state index contributed by atoms with van der Waals surface area (Å²) in [4.78, 5) is 0. The second-order valence-electron chi connectivity index (χ2n) is 3.76. The van der Waals surface area contributed by atoms with Crippen LogP contribution < -0.4 is 5.73 Å². The van der Waals surface area contributed by atoms with Gasteiger partial charge >= 0.3 is 0 Å². The summed E-state index contributed by atoms with van der Waals surface area (Å²) in [5, 5.41) is 9.13. The molecule has 1 atom stereocenters. The van der Waals surface area contributed by atoms with Gasteiger partial charge in [-0.05, 0) is 5.56 Å². The summed E-state index contributed by atoms with van der Waals surface area (Å²) in [7, 11) is 0. The van der Waals surface area contributed by atoms with Gasteiger partial charge in [-0.1, -0.05) is 49.4 Å². The van der Waals surface area contributed by atoms with Crippen molar-refractivity contribution in [1.82, 2.24) is 0 Å². The van der Waals surface area contributed by atoms with Crippen molar-refractivity contribution in [2.45, 2.75) is 6.92 Å². The molecule has 14 heavy (non-hydrogen) atoms. The summed E-state index contributed by atoms with van der Waals surface area (Å²) in [6.07, 6.45) is 3.95. The number of nitrogens with two attached hydrogens (primary N) is 1. The van der Waals surface area contributed by atoms with Crippen LogP contribution >= 0.6 is 0 Å². The summed E-state index contributed by atoms with van der Waals surface area (Å²) in [5.41, 5.74) is 6.39. The molecule has 0 aliphatic carbocycles. The van der Waals surface area contributed by atoms with Gasteiger partial charge in [-0.2, -0.15) is 0 Å². The molecule has 1 aromatic rings. The van der Waals surface area contributed by atoms with E-state index >= 15 is 0 Å². The van der Waals surface area contributed by atoms with Gasteiger partial charge in [-0.3, -0.25) is 0 Å². The first-order valence-electron chi connectivity index (χ1n) is 4.75. The SMILES string of the molecule is CC(/C=C/c1ccccc1)(CN)CO. The molecular formula is C12H17NO. The van der Waals surface area contributed by atoms with Gasteiger partial charge < -0.3 is 10.8 Å². The van der Waals surface area contributed by atoms with Crippen LogP contribution in [0.3, 0.4) is 0 Å². The Morgan fingerprint density at radius 2 is 2.00 bits per heavy atom. The fraction of sp³-hybridized carbons (Fsp3) is 0.333. The fourth-order valence-electron chi connectivity index (χ4n) is 1.05. The minimum Gasteiger partial charge on any atom is -0.395 e. The van der Waals surface area contributed by atoms with Crippen molar-refractivity contribution in [3.63, 3.8) is 0 Å². The van der Waals surface area contributed by atoms with Crippen LogP contribution in [-0.2, 0) is 0 Å². The Bertz CT molecular complexity index is 288. The van der Waals surface area contributed by atoms with E-state index in [-0.39, 0.29) is 12.0 Å². The van der Waals surface area contributed by atoms with E-state index in [1.54, 1.807) is 0 Å². The summed E-state index contributed by atoms with van der Waals surface area (Å²) in [5.74, 6) is 0. The van der Waals surface area contributed by atoms with Crippen molar-refractivity contribution in [2.24, 2.45) is 11.1 Å². The van der Waals surface area contributed by atoms with Crippen LogP contribution in [0.25, 0.3) is 6.08 Å². The van der Waals surface area contributed by atoms with Crippen LogP contribution in [0.1, 0.15) is 12.5 Å². The molecule has 0 aliphatic heterocycles. The minimum atomic E-state index is -0.310. The van der Waals surface area contributed by atoms with E-state index in [9.17, 15) is 0 Å². The number of benzene rings is 1. The molecule has 0 aliphatic rings. The van der Waals surface area contributed by atoms with Crippen LogP contribution in [-0.4, -0.2) is 18.3 Å². The van der Waals surface area contributed by atoms with E-state index < -0.39 is 0 Å². The minimum absolute atomic E-state index is 0.0762. The fourth-order valence-corrected chi connectivity index (χ4v) is 1.05. The zero-order valence-electron chi connectivity index (χ0n) is 8.48. The van der Waals surface area contributed by atoms with Crippen LogP contribution in [0, 0.1) is 5.41 Å². The molecule has 0 saturated heterocycles. The lowest BCUT2D eigenvalue weighted by Gasteiger charge is -2.20. The molecule has 3 N–H and O–H groups in total. The van der Waals surface area contributed by atoms with Crippen LogP contribution in [0.4, 0.5) is 0 Å².